The molecule has 1 unspecified atom stereocenters. The van der Waals surface area contributed by atoms with Crippen LogP contribution in [-0.4, -0.2) is 50.3 Å². The second-order valence-electron chi connectivity index (χ2n) is 4.01. The molecule has 1 aromatic rings. The summed E-state index contributed by atoms with van der Waals surface area (Å²) in [5.41, 5.74) is 0. The van der Waals surface area contributed by atoms with E-state index in [0.29, 0.717) is 13.2 Å². The molecule has 1 aliphatic rings. The van der Waals surface area contributed by atoms with Gasteiger partial charge in [0.1, 0.15) is 0 Å². The summed E-state index contributed by atoms with van der Waals surface area (Å²) in [5, 5.41) is 2.09. The molecule has 2 heterocycles. The Hall–Kier alpha value is -0.910. The largest absolute Gasteiger partial charge is 0.467 e. The van der Waals surface area contributed by atoms with Crippen molar-refractivity contribution >= 4 is 17.3 Å². The van der Waals surface area contributed by atoms with Crippen LogP contribution in [-0.2, 0) is 20.7 Å². The van der Waals surface area contributed by atoms with E-state index in [1.165, 1.54) is 12.0 Å². The quantitative estimate of drug-likeness (QED) is 0.757. The first-order valence-corrected chi connectivity index (χ1v) is 6.61. The van der Waals surface area contributed by atoms with E-state index in [2.05, 4.69) is 22.4 Å². The van der Waals surface area contributed by atoms with Gasteiger partial charge in [0.2, 0.25) is 0 Å². The molecule has 1 saturated heterocycles. The van der Waals surface area contributed by atoms with E-state index in [9.17, 15) is 4.79 Å². The van der Waals surface area contributed by atoms with Crippen molar-refractivity contribution < 1.29 is 14.3 Å². The maximum Gasteiger partial charge on any atom is 0.336 e. The molecule has 1 aliphatic heterocycles. The molecule has 0 aromatic carbocycles. The van der Waals surface area contributed by atoms with Crippen molar-refractivity contribution in [2.45, 2.75) is 12.5 Å². The second kappa shape index (κ2) is 6.14. The Morgan fingerprint density at radius 2 is 2.59 bits per heavy atom. The van der Waals surface area contributed by atoms with Gasteiger partial charge in [-0.2, -0.15) is 0 Å². The SMILES string of the molecule is COC(=O)C1CN(CCc2cccs2)CCO1. The second-order valence-corrected chi connectivity index (χ2v) is 5.04. The van der Waals surface area contributed by atoms with Gasteiger partial charge < -0.3 is 9.47 Å². The lowest BCUT2D eigenvalue weighted by atomic mass is 10.2. The standard InChI is InChI=1S/C12H17NO3S/c1-15-12(14)11-9-13(6-7-16-11)5-4-10-3-2-8-17-10/h2-3,8,11H,4-7,9H2,1H3. The number of methoxy groups -OCH3 is 1. The van der Waals surface area contributed by atoms with Crippen LogP contribution >= 0.6 is 11.3 Å². The summed E-state index contributed by atoms with van der Waals surface area (Å²) < 4.78 is 10.1. The van der Waals surface area contributed by atoms with Gasteiger partial charge in [0.05, 0.1) is 13.7 Å². The van der Waals surface area contributed by atoms with Crippen molar-refractivity contribution in [3.63, 3.8) is 0 Å². The lowest BCUT2D eigenvalue weighted by Crippen LogP contribution is -2.47. The summed E-state index contributed by atoms with van der Waals surface area (Å²) in [6.45, 7) is 3.10. The molecule has 17 heavy (non-hydrogen) atoms. The minimum absolute atomic E-state index is 0.272. The average Bonchev–Trinajstić information content (AvgIpc) is 2.89. The number of ether oxygens (including phenoxy) is 2. The molecule has 5 heteroatoms. The maximum atomic E-state index is 11.4. The van der Waals surface area contributed by atoms with E-state index in [1.807, 2.05) is 0 Å². The highest BCUT2D eigenvalue weighted by Gasteiger charge is 2.26. The molecule has 4 nitrogen and oxygen atoms in total. The fourth-order valence-corrected chi connectivity index (χ4v) is 2.60. The van der Waals surface area contributed by atoms with E-state index >= 15 is 0 Å². The zero-order chi connectivity index (χ0) is 12.1. The predicted octanol–water partition coefficient (Wildman–Crippen LogP) is 1.16. The number of hydrogen-bond donors (Lipinski definition) is 0. The maximum absolute atomic E-state index is 11.4. The zero-order valence-electron chi connectivity index (χ0n) is 9.93. The van der Waals surface area contributed by atoms with Crippen molar-refractivity contribution in [2.24, 2.45) is 0 Å². The first-order valence-electron chi connectivity index (χ1n) is 5.74. The van der Waals surface area contributed by atoms with Crippen LogP contribution in [0.3, 0.4) is 0 Å². The Balaban J connectivity index is 1.79. The molecule has 1 fully saturated rings. The van der Waals surface area contributed by atoms with Crippen molar-refractivity contribution in [3.05, 3.63) is 22.4 Å². The summed E-state index contributed by atoms with van der Waals surface area (Å²) >= 11 is 1.77. The lowest BCUT2D eigenvalue weighted by Gasteiger charge is -2.31. The molecule has 0 radical (unpaired) electrons. The Morgan fingerprint density at radius 1 is 1.71 bits per heavy atom. The normalized spacial score (nSPS) is 21.4. The number of esters is 1. The van der Waals surface area contributed by atoms with Crippen LogP contribution in [0, 0.1) is 0 Å². The van der Waals surface area contributed by atoms with E-state index in [0.717, 1.165) is 19.5 Å². The van der Waals surface area contributed by atoms with Crippen LogP contribution in [0.15, 0.2) is 17.5 Å². The van der Waals surface area contributed by atoms with Gasteiger partial charge in [-0.15, -0.1) is 11.3 Å². The van der Waals surface area contributed by atoms with Crippen molar-refractivity contribution in [1.29, 1.82) is 0 Å². The summed E-state index contributed by atoms with van der Waals surface area (Å²) in [7, 11) is 1.40. The number of thiophene rings is 1. The lowest BCUT2D eigenvalue weighted by molar-refractivity contribution is -0.159. The summed E-state index contributed by atoms with van der Waals surface area (Å²) in [5.74, 6) is -0.272. The highest BCUT2D eigenvalue weighted by molar-refractivity contribution is 7.09. The molecule has 0 spiro atoms. The monoisotopic (exact) mass is 255 g/mol. The van der Waals surface area contributed by atoms with E-state index in [4.69, 9.17) is 9.47 Å². The van der Waals surface area contributed by atoms with Crippen molar-refractivity contribution in [2.75, 3.05) is 33.4 Å². The summed E-state index contributed by atoms with van der Waals surface area (Å²) in [6, 6.07) is 4.21. The van der Waals surface area contributed by atoms with Crippen LogP contribution in [0.25, 0.3) is 0 Å². The first kappa shape index (κ1) is 12.5. The molecular weight excluding hydrogens is 238 g/mol. The third kappa shape index (κ3) is 3.52. The molecule has 0 saturated carbocycles. The fraction of sp³-hybridized carbons (Fsp3) is 0.583. The van der Waals surface area contributed by atoms with E-state index < -0.39 is 6.10 Å². The minimum atomic E-state index is -0.419. The smallest absolute Gasteiger partial charge is 0.336 e. The average molecular weight is 255 g/mol. The predicted molar refractivity (Wildman–Crippen MR) is 66.2 cm³/mol. The molecule has 0 aliphatic carbocycles. The molecule has 2 rings (SSSR count). The van der Waals surface area contributed by atoms with Gasteiger partial charge >= 0.3 is 5.97 Å². The van der Waals surface area contributed by atoms with Gasteiger partial charge in [-0.25, -0.2) is 4.79 Å². The van der Waals surface area contributed by atoms with Crippen LogP contribution in [0.4, 0.5) is 0 Å². The van der Waals surface area contributed by atoms with Crippen LogP contribution < -0.4 is 0 Å². The number of rotatable bonds is 4. The number of morpholine rings is 1. The Kier molecular flexibility index (Phi) is 4.53. The Morgan fingerprint density at radius 3 is 3.29 bits per heavy atom. The minimum Gasteiger partial charge on any atom is -0.467 e. The summed E-state index contributed by atoms with van der Waals surface area (Å²) in [6.07, 6.45) is 0.614. The number of nitrogens with zero attached hydrogens (tertiary/aromatic N) is 1. The van der Waals surface area contributed by atoms with Gasteiger partial charge in [0.25, 0.3) is 0 Å². The third-order valence-corrected chi connectivity index (χ3v) is 3.81. The van der Waals surface area contributed by atoms with Crippen LogP contribution in [0.5, 0.6) is 0 Å². The van der Waals surface area contributed by atoms with Crippen LogP contribution in [0.1, 0.15) is 4.88 Å². The van der Waals surface area contributed by atoms with Gasteiger partial charge in [-0.3, -0.25) is 4.90 Å². The van der Waals surface area contributed by atoms with Gasteiger partial charge in [-0.05, 0) is 17.9 Å². The van der Waals surface area contributed by atoms with Gasteiger partial charge in [-0.1, -0.05) is 6.07 Å². The Bertz CT molecular complexity index is 353. The fourth-order valence-electron chi connectivity index (χ4n) is 1.90. The number of carbonyl (C=O) groups excluding carboxylic acids is 1. The molecule has 1 atom stereocenters. The van der Waals surface area contributed by atoms with Crippen molar-refractivity contribution in [1.82, 2.24) is 4.90 Å². The van der Waals surface area contributed by atoms with Crippen molar-refractivity contribution in [3.8, 4) is 0 Å². The molecule has 1 aromatic heterocycles. The number of carbonyl (C=O) groups is 1. The topological polar surface area (TPSA) is 38.8 Å². The highest BCUT2D eigenvalue weighted by atomic mass is 32.1. The molecular formula is C12H17NO3S. The molecule has 0 bridgehead atoms. The van der Waals surface area contributed by atoms with Gasteiger partial charge in [0, 0.05) is 24.5 Å². The third-order valence-electron chi connectivity index (χ3n) is 2.87. The molecule has 0 amide bonds. The van der Waals surface area contributed by atoms with Gasteiger partial charge in [0.15, 0.2) is 6.10 Å². The molecule has 94 valence electrons. The highest BCUT2D eigenvalue weighted by Crippen LogP contribution is 2.12. The van der Waals surface area contributed by atoms with Crippen LogP contribution in [0.2, 0.25) is 0 Å². The van der Waals surface area contributed by atoms with E-state index in [1.54, 1.807) is 11.3 Å². The first-order chi connectivity index (χ1) is 8.29. The number of hydrogen-bond acceptors (Lipinski definition) is 5. The Labute approximate surface area is 105 Å². The van der Waals surface area contributed by atoms with E-state index in [-0.39, 0.29) is 5.97 Å². The zero-order valence-corrected chi connectivity index (χ0v) is 10.7. The summed E-state index contributed by atoms with van der Waals surface area (Å²) in [4.78, 5) is 15.0. The molecule has 0 N–H and O–H groups in total.